The number of alkyl halides is 3. The third-order valence-electron chi connectivity index (χ3n) is 14.8. The first-order valence-corrected chi connectivity index (χ1v) is 42.3. The van der Waals surface area contributed by atoms with Crippen molar-refractivity contribution in [3.8, 4) is 62.3 Å². The van der Waals surface area contributed by atoms with Gasteiger partial charge in [-0.2, -0.15) is 0 Å². The average molecular weight is 1840 g/mol. The van der Waals surface area contributed by atoms with E-state index in [0.717, 1.165) is 89.2 Å². The summed E-state index contributed by atoms with van der Waals surface area (Å²) in [6, 6.07) is 56.9. The summed E-state index contributed by atoms with van der Waals surface area (Å²) in [5.41, 5.74) is 27.5. The molecule has 0 aliphatic carbocycles. The van der Waals surface area contributed by atoms with E-state index in [1.165, 1.54) is 24.3 Å². The molecule has 0 saturated carbocycles. The van der Waals surface area contributed by atoms with Crippen molar-refractivity contribution >= 4 is 193 Å². The maximum atomic E-state index is 12.2. The number of phenolic OH excluding ortho intramolecular Hbond substituents is 2. The number of nitro benzene ring substituents is 2. The Bertz CT molecular complexity index is 5450. The van der Waals surface area contributed by atoms with Crippen molar-refractivity contribution in [2.45, 2.75) is 21.3 Å². The molecule has 8 heterocycles. The Kier molecular flexibility index (Phi) is 30.6. The summed E-state index contributed by atoms with van der Waals surface area (Å²) in [5.74, 6) is 3.26. The van der Waals surface area contributed by atoms with Gasteiger partial charge in [0.25, 0.3) is 11.4 Å². The van der Waals surface area contributed by atoms with Crippen LogP contribution >= 0.6 is 81.0 Å². The fourth-order valence-electron chi connectivity index (χ4n) is 10.2. The van der Waals surface area contributed by atoms with Gasteiger partial charge < -0.3 is 31.5 Å². The Balaban J connectivity index is 0.000000168. The molecule has 0 bridgehead atoms. The van der Waals surface area contributed by atoms with Crippen LogP contribution in [0.4, 0.5) is 31.5 Å². The van der Waals surface area contributed by atoms with E-state index in [9.17, 15) is 39.2 Å². The Morgan fingerprint density at radius 3 is 1.08 bits per heavy atom. The molecule has 542 valence electrons. The molecular formula is C72H63BBr4Cl2F2N16O8Sn. The molecule has 7 N–H and O–H groups in total. The third-order valence-corrected chi connectivity index (χ3v) is 15.1. The van der Waals surface area contributed by atoms with E-state index in [2.05, 4.69) is 103 Å². The Labute approximate surface area is 655 Å². The molecule has 0 unspecified atom stereocenters. The molecule has 2 radical (unpaired) electrons. The van der Waals surface area contributed by atoms with Crippen molar-refractivity contribution in [3.63, 3.8) is 0 Å². The molecule has 0 saturated heterocycles. The van der Waals surface area contributed by atoms with Crippen molar-refractivity contribution in [1.82, 2.24) is 57.5 Å². The van der Waals surface area contributed by atoms with Gasteiger partial charge in [0.05, 0.1) is 83.4 Å². The number of nitrogens with zero attached hydrogens (tertiary/aromatic N) is 14. The number of aliphatic hydroxyl groups excluding tert-OH is 1. The summed E-state index contributed by atoms with van der Waals surface area (Å²) in [7, 11) is 9.87. The molecule has 0 spiro atoms. The Morgan fingerprint density at radius 2 is 0.774 bits per heavy atom. The van der Waals surface area contributed by atoms with E-state index < -0.39 is 35.4 Å². The summed E-state index contributed by atoms with van der Waals surface area (Å²) in [6.07, 6.45) is 7.63. The predicted octanol–water partition coefficient (Wildman–Crippen LogP) is 18.4. The standard InChI is InChI=1S/C18H15FN4O.C17H12N4O2.C16H10N4O3.C16H12N4O.C2H4BrF.C2H6O.CH4.BBr3.2ClH.Sn/c19-8-10-24-14-5-6-17-16(11-14)22-18-21-15(7-9-23(17)18)12-1-3-13(20)4-2-12;1-11-2-7-16-15(10-11)19-17-18-14(8-9-20(16)17)12-3-5-13(6-4-12)21(22)23;21-12-5-6-15-14(9-12)18-16-17-13(7-8-19(15)16)10-1-3-11(4-2-10)20(22)23;17-11-3-1-10(2-4-11)13-7-8-20-15-6-5-12(21)9-14(15)19-16(20)18-13;3-1-2-4;1-2-3;;2-1(3)4;;;/h1-7,9,11H,8,10,20H2;2-10H,1H3;1-9,21H;1-9,21H,17H2;1-2H2;3H,2H2,1H3;1H4;;2*1H;/q;;;;;;;;;;+2/p-2. The number of aromatic hydroxyl groups is 2. The Morgan fingerprint density at radius 1 is 0.491 bits per heavy atom. The van der Waals surface area contributed by atoms with Crippen LogP contribution in [0.3, 0.4) is 0 Å². The van der Waals surface area contributed by atoms with E-state index in [4.69, 9.17) is 39.2 Å². The zero-order valence-electron chi connectivity index (χ0n) is 55.2. The van der Waals surface area contributed by atoms with Gasteiger partial charge in [-0.05, 0) is 141 Å². The fraction of sp³-hybridized carbons (Fsp3) is 0.111. The number of halogens is 8. The number of aliphatic hydroxyl groups is 1. The molecule has 0 atom stereocenters. The van der Waals surface area contributed by atoms with Crippen LogP contribution < -0.4 is 16.2 Å². The Hall–Kier alpha value is -9.74. The number of ether oxygens (including phenoxy) is 1. The van der Waals surface area contributed by atoms with Crippen molar-refractivity contribution in [2.75, 3.05) is 43.4 Å². The van der Waals surface area contributed by atoms with Crippen LogP contribution in [-0.2, 0) is 0 Å². The minimum absolute atomic E-state index is 0. The number of benzene rings is 8. The number of hydrogen-bond donors (Lipinski definition) is 5. The van der Waals surface area contributed by atoms with Crippen molar-refractivity contribution < 1.29 is 38.7 Å². The molecule has 0 fully saturated rings. The molecule has 0 aliphatic rings. The van der Waals surface area contributed by atoms with E-state index >= 15 is 0 Å². The summed E-state index contributed by atoms with van der Waals surface area (Å²) >= 11 is 11.4. The zero-order chi connectivity index (χ0) is 75.3. The first-order chi connectivity index (χ1) is 50.6. The van der Waals surface area contributed by atoms with Gasteiger partial charge in [-0.3, -0.25) is 42.2 Å². The van der Waals surface area contributed by atoms with Crippen molar-refractivity contribution in [3.05, 3.63) is 245 Å². The summed E-state index contributed by atoms with van der Waals surface area (Å²) in [5, 5.41) is 48.5. The third kappa shape index (κ3) is 21.5. The van der Waals surface area contributed by atoms with Gasteiger partial charge in [0.2, 0.25) is 23.1 Å². The van der Waals surface area contributed by atoms with Crippen molar-refractivity contribution in [2.24, 2.45) is 0 Å². The molecule has 0 aliphatic heterocycles. The average Bonchev–Trinajstić information content (AvgIpc) is 1.65. The SMILES string of the molecule is BrB(Br)Br.C.CCO.Cc1ccc2c(c1)nc1nc(-c3ccc([N+](=O)[O-])cc3)ccn12.FCCBr.Nc1ccc(-c2ccn3c(n2)nc2cc(O)ccc23)cc1.Nc1ccc(-c2ccn3c(n2)nc2cc(OCCF)ccc23)cc1.O=[N+]([O-])c1ccc(-c2ccn3c(n2)nc2cc(O)ccc23)cc1.[Cl][Sn][Cl]. The number of nitro groups is 2. The molecule has 106 heavy (non-hydrogen) atoms. The van der Waals surface area contributed by atoms with E-state index in [1.54, 1.807) is 73.7 Å². The molecule has 16 rings (SSSR count). The van der Waals surface area contributed by atoms with Crippen LogP contribution in [0.25, 0.3) is 112 Å². The molecule has 24 nitrogen and oxygen atoms in total. The van der Waals surface area contributed by atoms with Crippen LogP contribution in [0, 0.1) is 27.2 Å². The zero-order valence-corrected chi connectivity index (χ0v) is 65.9. The van der Waals surface area contributed by atoms with Crippen LogP contribution in [-0.4, -0.2) is 137 Å². The number of non-ortho nitro benzene ring substituents is 2. The van der Waals surface area contributed by atoms with Crippen LogP contribution in [0.15, 0.2) is 219 Å². The maximum absolute atomic E-state index is 12.2. The van der Waals surface area contributed by atoms with E-state index in [0.29, 0.717) is 51.1 Å². The number of imidazole rings is 4. The number of fused-ring (bicyclic) bond motifs is 12. The molecule has 16 aromatic rings. The molecule has 0 amide bonds. The van der Waals surface area contributed by atoms with Gasteiger partial charge in [-0.15, -0.1) is 47.3 Å². The second kappa shape index (κ2) is 39.6. The first-order valence-electron chi connectivity index (χ1n) is 31.2. The number of anilines is 2. The minimum atomic E-state index is -0.826. The van der Waals surface area contributed by atoms with Gasteiger partial charge in [0.15, 0.2) is 0 Å². The number of hydrogen-bond acceptors (Lipinski definition) is 18. The topological polar surface area (TPSA) is 329 Å². The van der Waals surface area contributed by atoms with E-state index in [-0.39, 0.29) is 53.4 Å². The number of nitrogen functional groups attached to an aromatic ring is 2. The van der Waals surface area contributed by atoms with Crippen molar-refractivity contribution in [1.29, 1.82) is 0 Å². The normalized spacial score (nSPS) is 10.5. The second-order valence-corrected chi connectivity index (χ2v) is 33.2. The molecule has 8 aromatic heterocycles. The quantitative estimate of drug-likeness (QED) is 0.0279. The second-order valence-electron chi connectivity index (χ2n) is 21.8. The first kappa shape index (κ1) is 81.9. The fourth-order valence-corrected chi connectivity index (χ4v) is 10.2. The van der Waals surface area contributed by atoms with Gasteiger partial charge in [0, 0.05) is 113 Å². The molecular weight excluding hydrogens is 1770 g/mol. The van der Waals surface area contributed by atoms with E-state index in [1.807, 2.05) is 152 Å². The molecule has 8 aromatic carbocycles. The van der Waals surface area contributed by atoms with Gasteiger partial charge in [-0.25, -0.2) is 44.3 Å². The van der Waals surface area contributed by atoms with Crippen LogP contribution in [0.1, 0.15) is 19.9 Å². The number of nitrogens with two attached hydrogens (primary N) is 2. The summed E-state index contributed by atoms with van der Waals surface area (Å²) < 4.78 is 36.0. The monoisotopic (exact) mass is 1830 g/mol. The molecule has 34 heteroatoms. The summed E-state index contributed by atoms with van der Waals surface area (Å²) in [4.78, 5) is 56.8. The number of aromatic nitrogens is 12. The van der Waals surface area contributed by atoms with Gasteiger partial charge in [-0.1, -0.05) is 53.7 Å². The summed E-state index contributed by atoms with van der Waals surface area (Å²) in [6.45, 7) is 3.22. The van der Waals surface area contributed by atoms with Crippen LogP contribution in [0.2, 0.25) is 0 Å². The number of rotatable bonds is 10. The van der Waals surface area contributed by atoms with Gasteiger partial charge >= 0.3 is 39.9 Å². The number of phenols is 2. The van der Waals surface area contributed by atoms with Gasteiger partial charge in [0.1, 0.15) is 30.5 Å². The van der Waals surface area contributed by atoms with Crippen LogP contribution in [0.5, 0.6) is 17.2 Å². The number of aryl methyl sites for hydroxylation is 1. The predicted molar refractivity (Wildman–Crippen MR) is 435 cm³/mol.